The highest BCUT2D eigenvalue weighted by Gasteiger charge is 2.14. The van der Waals surface area contributed by atoms with Gasteiger partial charge in [-0.15, -0.1) is 0 Å². The molecule has 0 aliphatic carbocycles. The second kappa shape index (κ2) is 10.4. The molecule has 0 aliphatic heterocycles. The molecule has 0 heterocycles. The van der Waals surface area contributed by atoms with E-state index in [-0.39, 0.29) is 24.3 Å². The van der Waals surface area contributed by atoms with E-state index in [0.29, 0.717) is 19.5 Å². The predicted molar refractivity (Wildman–Crippen MR) is 107 cm³/mol. The molecule has 5 heteroatoms. The van der Waals surface area contributed by atoms with Crippen molar-refractivity contribution in [3.8, 4) is 5.75 Å². The molecule has 0 aromatic heterocycles. The zero-order valence-corrected chi connectivity index (χ0v) is 16.3. The smallest absolute Gasteiger partial charge is 0.222 e. The van der Waals surface area contributed by atoms with Gasteiger partial charge >= 0.3 is 0 Å². The van der Waals surface area contributed by atoms with Crippen LogP contribution in [0.15, 0.2) is 54.6 Å². The van der Waals surface area contributed by atoms with Crippen molar-refractivity contribution in [3.05, 3.63) is 65.7 Å². The Kier molecular flexibility index (Phi) is 7.86. The Labute approximate surface area is 161 Å². The first-order valence-corrected chi connectivity index (χ1v) is 9.23. The number of ether oxygens (including phenoxy) is 1. The van der Waals surface area contributed by atoms with E-state index in [1.807, 2.05) is 61.5 Å². The number of carbonyl (C=O) groups excluding carboxylic acids is 2. The highest BCUT2D eigenvalue weighted by atomic mass is 16.5. The number of hydrogen-bond acceptors (Lipinski definition) is 3. The molecular formula is C22H28N2O3. The minimum absolute atomic E-state index is 0.0335. The molecule has 5 nitrogen and oxygen atoms in total. The summed E-state index contributed by atoms with van der Waals surface area (Å²) in [6.45, 7) is 4.44. The summed E-state index contributed by atoms with van der Waals surface area (Å²) in [5, 5.41) is 2.99. The van der Waals surface area contributed by atoms with Crippen LogP contribution in [-0.4, -0.2) is 36.9 Å². The summed E-state index contributed by atoms with van der Waals surface area (Å²) < 4.78 is 5.35. The second-order valence-corrected chi connectivity index (χ2v) is 6.52. The van der Waals surface area contributed by atoms with Crippen LogP contribution in [-0.2, 0) is 16.0 Å². The molecule has 2 amide bonds. The van der Waals surface area contributed by atoms with Crippen molar-refractivity contribution >= 4 is 11.8 Å². The standard InChI is InChI=1S/C22H28N2O3/c1-17(19-9-5-4-6-10-19)23-22(26)14-16-24(18(2)25)15-13-20-11-7-8-12-21(20)27-3/h4-12,17H,13-16H2,1-3H3,(H,23,26). The fourth-order valence-corrected chi connectivity index (χ4v) is 2.97. The zero-order chi connectivity index (χ0) is 19.6. The highest BCUT2D eigenvalue weighted by molar-refractivity contribution is 5.78. The van der Waals surface area contributed by atoms with E-state index < -0.39 is 0 Å². The topological polar surface area (TPSA) is 58.6 Å². The Morgan fingerprint density at radius 2 is 1.70 bits per heavy atom. The number of rotatable bonds is 9. The zero-order valence-electron chi connectivity index (χ0n) is 16.3. The Bertz CT molecular complexity index is 746. The fourth-order valence-electron chi connectivity index (χ4n) is 2.97. The lowest BCUT2D eigenvalue weighted by atomic mass is 10.1. The van der Waals surface area contributed by atoms with Crippen LogP contribution in [0.5, 0.6) is 5.75 Å². The van der Waals surface area contributed by atoms with Crippen molar-refractivity contribution < 1.29 is 14.3 Å². The van der Waals surface area contributed by atoms with Gasteiger partial charge in [0.1, 0.15) is 5.75 Å². The van der Waals surface area contributed by atoms with Crippen LogP contribution in [0, 0.1) is 0 Å². The summed E-state index contributed by atoms with van der Waals surface area (Å²) in [5.74, 6) is 0.721. The first kappa shape index (κ1) is 20.5. The van der Waals surface area contributed by atoms with E-state index in [1.54, 1.807) is 12.0 Å². The number of nitrogens with zero attached hydrogens (tertiary/aromatic N) is 1. The molecule has 2 aromatic carbocycles. The van der Waals surface area contributed by atoms with E-state index in [9.17, 15) is 9.59 Å². The van der Waals surface area contributed by atoms with Gasteiger partial charge in [-0.3, -0.25) is 9.59 Å². The average molecular weight is 368 g/mol. The van der Waals surface area contributed by atoms with Crippen molar-refractivity contribution in [2.75, 3.05) is 20.2 Å². The van der Waals surface area contributed by atoms with Crippen LogP contribution >= 0.6 is 0 Å². The Morgan fingerprint density at radius 3 is 2.37 bits per heavy atom. The van der Waals surface area contributed by atoms with Crippen LogP contribution in [0.4, 0.5) is 0 Å². The first-order valence-electron chi connectivity index (χ1n) is 9.23. The van der Waals surface area contributed by atoms with Gasteiger partial charge < -0.3 is 15.0 Å². The minimum atomic E-state index is -0.0603. The fraction of sp³-hybridized carbons (Fsp3) is 0.364. The molecule has 0 bridgehead atoms. The van der Waals surface area contributed by atoms with Gasteiger partial charge in [0, 0.05) is 26.4 Å². The van der Waals surface area contributed by atoms with Crippen LogP contribution in [0.25, 0.3) is 0 Å². The number of hydrogen-bond donors (Lipinski definition) is 1. The van der Waals surface area contributed by atoms with Crippen LogP contribution in [0.2, 0.25) is 0 Å². The molecule has 0 radical (unpaired) electrons. The maximum Gasteiger partial charge on any atom is 0.222 e. The maximum absolute atomic E-state index is 12.3. The third-order valence-electron chi connectivity index (χ3n) is 4.57. The lowest BCUT2D eigenvalue weighted by Crippen LogP contribution is -2.35. The van der Waals surface area contributed by atoms with E-state index >= 15 is 0 Å². The van der Waals surface area contributed by atoms with E-state index in [2.05, 4.69) is 5.32 Å². The average Bonchev–Trinajstić information content (AvgIpc) is 2.68. The number of benzene rings is 2. The summed E-state index contributed by atoms with van der Waals surface area (Å²) in [6.07, 6.45) is 0.967. The number of para-hydroxylation sites is 1. The van der Waals surface area contributed by atoms with Gasteiger partial charge in [-0.2, -0.15) is 0 Å². The number of amides is 2. The minimum Gasteiger partial charge on any atom is -0.496 e. The highest BCUT2D eigenvalue weighted by Crippen LogP contribution is 2.18. The molecule has 1 unspecified atom stereocenters. The molecule has 27 heavy (non-hydrogen) atoms. The summed E-state index contributed by atoms with van der Waals surface area (Å²) in [4.78, 5) is 25.9. The SMILES string of the molecule is COc1ccccc1CCN(CCC(=O)NC(C)c1ccccc1)C(C)=O. The molecule has 0 fully saturated rings. The Balaban J connectivity index is 1.85. The van der Waals surface area contributed by atoms with Gasteiger partial charge in [0.25, 0.3) is 0 Å². The van der Waals surface area contributed by atoms with E-state index in [0.717, 1.165) is 16.9 Å². The van der Waals surface area contributed by atoms with Gasteiger partial charge in [-0.05, 0) is 30.5 Å². The Hall–Kier alpha value is -2.82. The molecular weight excluding hydrogens is 340 g/mol. The van der Waals surface area contributed by atoms with Gasteiger partial charge in [0.05, 0.1) is 13.2 Å². The van der Waals surface area contributed by atoms with Crippen LogP contribution < -0.4 is 10.1 Å². The van der Waals surface area contributed by atoms with Crippen LogP contribution in [0.3, 0.4) is 0 Å². The molecule has 0 saturated heterocycles. The lowest BCUT2D eigenvalue weighted by molar-refractivity contribution is -0.129. The largest absolute Gasteiger partial charge is 0.496 e. The molecule has 144 valence electrons. The van der Waals surface area contributed by atoms with Crippen molar-refractivity contribution in [3.63, 3.8) is 0 Å². The molecule has 1 N–H and O–H groups in total. The Morgan fingerprint density at radius 1 is 1.04 bits per heavy atom. The molecule has 0 aliphatic rings. The summed E-state index contributed by atoms with van der Waals surface area (Å²) in [6, 6.07) is 17.5. The summed E-state index contributed by atoms with van der Waals surface area (Å²) >= 11 is 0. The van der Waals surface area contributed by atoms with Crippen LogP contribution in [0.1, 0.15) is 37.4 Å². The maximum atomic E-state index is 12.3. The first-order chi connectivity index (χ1) is 13.0. The molecule has 0 spiro atoms. The number of nitrogens with one attached hydrogen (secondary N) is 1. The second-order valence-electron chi connectivity index (χ2n) is 6.52. The van der Waals surface area contributed by atoms with Crippen molar-refractivity contribution in [2.24, 2.45) is 0 Å². The third-order valence-corrected chi connectivity index (χ3v) is 4.57. The van der Waals surface area contributed by atoms with Gasteiger partial charge in [0.2, 0.25) is 11.8 Å². The van der Waals surface area contributed by atoms with E-state index in [1.165, 1.54) is 6.92 Å². The predicted octanol–water partition coefficient (Wildman–Crippen LogP) is 3.35. The molecule has 1 atom stereocenters. The summed E-state index contributed by atoms with van der Waals surface area (Å²) in [5.41, 5.74) is 2.11. The van der Waals surface area contributed by atoms with Crippen molar-refractivity contribution in [1.29, 1.82) is 0 Å². The van der Waals surface area contributed by atoms with Gasteiger partial charge in [-0.1, -0.05) is 48.5 Å². The van der Waals surface area contributed by atoms with E-state index in [4.69, 9.17) is 4.74 Å². The van der Waals surface area contributed by atoms with Gasteiger partial charge in [-0.25, -0.2) is 0 Å². The van der Waals surface area contributed by atoms with Crippen molar-refractivity contribution in [2.45, 2.75) is 32.7 Å². The lowest BCUT2D eigenvalue weighted by Gasteiger charge is -2.22. The van der Waals surface area contributed by atoms with Gasteiger partial charge in [0.15, 0.2) is 0 Å². The quantitative estimate of drug-likeness (QED) is 0.738. The molecule has 2 aromatic rings. The third kappa shape index (κ3) is 6.44. The monoisotopic (exact) mass is 368 g/mol. The summed E-state index contributed by atoms with van der Waals surface area (Å²) in [7, 11) is 1.64. The normalized spacial score (nSPS) is 11.5. The number of methoxy groups -OCH3 is 1. The number of carbonyl (C=O) groups is 2. The van der Waals surface area contributed by atoms with Crippen molar-refractivity contribution in [1.82, 2.24) is 10.2 Å². The molecule has 2 rings (SSSR count). The molecule has 0 saturated carbocycles.